The van der Waals surface area contributed by atoms with Crippen LogP contribution in [0.1, 0.15) is 30.7 Å². The predicted molar refractivity (Wildman–Crippen MR) is 88.1 cm³/mol. The first-order valence-electron chi connectivity index (χ1n) is 7.74. The highest BCUT2D eigenvalue weighted by atomic mass is 16.1. The molecule has 1 aliphatic rings. The number of nitrogens with one attached hydrogen (secondary N) is 1. The van der Waals surface area contributed by atoms with Crippen molar-refractivity contribution in [3.8, 4) is 5.69 Å². The number of carbonyl (C=O) groups excluding carboxylic acids is 1. The third-order valence-corrected chi connectivity index (χ3v) is 4.18. The van der Waals surface area contributed by atoms with Crippen LogP contribution < -0.4 is 5.32 Å². The van der Waals surface area contributed by atoms with E-state index in [0.717, 1.165) is 42.0 Å². The van der Waals surface area contributed by atoms with Gasteiger partial charge in [0.15, 0.2) is 0 Å². The van der Waals surface area contributed by atoms with Crippen molar-refractivity contribution in [1.29, 1.82) is 0 Å². The molecule has 2 aromatic rings. The highest BCUT2D eigenvalue weighted by Crippen LogP contribution is 2.25. The number of rotatable bonds is 3. The van der Waals surface area contributed by atoms with Crippen LogP contribution in [-0.4, -0.2) is 15.7 Å². The van der Waals surface area contributed by atoms with Crippen LogP contribution in [0.3, 0.4) is 0 Å². The summed E-state index contributed by atoms with van der Waals surface area (Å²) in [7, 11) is 0. The Bertz CT molecular complexity index is 701. The van der Waals surface area contributed by atoms with E-state index in [-0.39, 0.29) is 11.8 Å². The number of benzene rings is 1. The maximum Gasteiger partial charge on any atom is 0.227 e. The molecule has 0 saturated carbocycles. The molecule has 3 rings (SSSR count). The van der Waals surface area contributed by atoms with Gasteiger partial charge in [-0.1, -0.05) is 30.4 Å². The quantitative estimate of drug-likeness (QED) is 0.876. The Hall–Kier alpha value is -2.36. The van der Waals surface area contributed by atoms with Gasteiger partial charge in [-0.15, -0.1) is 0 Å². The van der Waals surface area contributed by atoms with Crippen molar-refractivity contribution in [2.75, 3.05) is 5.32 Å². The van der Waals surface area contributed by atoms with E-state index in [0.29, 0.717) is 0 Å². The SMILES string of the molecule is Cc1nn(-c2ccccc2)c(C)c1NC(=O)C1CC=CCC1. The Labute approximate surface area is 130 Å². The largest absolute Gasteiger partial charge is 0.323 e. The van der Waals surface area contributed by atoms with Gasteiger partial charge in [0.25, 0.3) is 0 Å². The van der Waals surface area contributed by atoms with Crippen LogP contribution in [0.25, 0.3) is 5.69 Å². The summed E-state index contributed by atoms with van der Waals surface area (Å²) in [5, 5.41) is 7.65. The van der Waals surface area contributed by atoms with E-state index in [9.17, 15) is 4.79 Å². The van der Waals surface area contributed by atoms with Crippen molar-refractivity contribution in [1.82, 2.24) is 9.78 Å². The molecule has 0 fully saturated rings. The van der Waals surface area contributed by atoms with Crippen LogP contribution in [0.5, 0.6) is 0 Å². The predicted octanol–water partition coefficient (Wildman–Crippen LogP) is 3.78. The van der Waals surface area contributed by atoms with Gasteiger partial charge in [0.2, 0.25) is 5.91 Å². The zero-order chi connectivity index (χ0) is 15.5. The van der Waals surface area contributed by atoms with Crippen molar-refractivity contribution in [2.45, 2.75) is 33.1 Å². The second kappa shape index (κ2) is 6.18. The summed E-state index contributed by atoms with van der Waals surface area (Å²) in [6.07, 6.45) is 6.98. The number of para-hydroxylation sites is 1. The maximum absolute atomic E-state index is 12.4. The summed E-state index contributed by atoms with van der Waals surface area (Å²) >= 11 is 0. The van der Waals surface area contributed by atoms with E-state index in [2.05, 4.69) is 22.6 Å². The fourth-order valence-electron chi connectivity index (χ4n) is 2.90. The van der Waals surface area contributed by atoms with Crippen LogP contribution in [-0.2, 0) is 4.79 Å². The standard InChI is InChI=1S/C18H21N3O/c1-13-17(19-18(22)15-9-5-3-6-10-15)14(2)21(20-13)16-11-7-4-8-12-16/h3-5,7-8,11-12,15H,6,9-10H2,1-2H3,(H,19,22). The highest BCUT2D eigenvalue weighted by Gasteiger charge is 2.22. The van der Waals surface area contributed by atoms with Crippen molar-refractivity contribution < 1.29 is 4.79 Å². The Morgan fingerprint density at radius 2 is 2.00 bits per heavy atom. The Morgan fingerprint density at radius 1 is 1.23 bits per heavy atom. The molecular formula is C18H21N3O. The van der Waals surface area contributed by atoms with Gasteiger partial charge in [-0.05, 0) is 45.2 Å². The number of nitrogens with zero attached hydrogens (tertiary/aromatic N) is 2. The number of aryl methyl sites for hydroxylation is 1. The zero-order valence-corrected chi connectivity index (χ0v) is 13.0. The molecule has 114 valence electrons. The van der Waals surface area contributed by atoms with Gasteiger partial charge in [-0.3, -0.25) is 4.79 Å². The van der Waals surface area contributed by atoms with Gasteiger partial charge in [0.1, 0.15) is 0 Å². The fourth-order valence-corrected chi connectivity index (χ4v) is 2.90. The minimum absolute atomic E-state index is 0.0730. The molecule has 1 aromatic carbocycles. The normalized spacial score (nSPS) is 17.5. The summed E-state index contributed by atoms with van der Waals surface area (Å²) in [5.74, 6) is 0.173. The molecule has 1 aromatic heterocycles. The molecule has 1 aliphatic carbocycles. The molecule has 1 atom stereocenters. The first kappa shape index (κ1) is 14.6. The van der Waals surface area contributed by atoms with Crippen molar-refractivity contribution in [2.24, 2.45) is 5.92 Å². The zero-order valence-electron chi connectivity index (χ0n) is 13.0. The van der Waals surface area contributed by atoms with Gasteiger partial charge < -0.3 is 5.32 Å². The molecule has 0 saturated heterocycles. The lowest BCUT2D eigenvalue weighted by Gasteiger charge is -2.17. The number of hydrogen-bond acceptors (Lipinski definition) is 2. The summed E-state index contributed by atoms with van der Waals surface area (Å²) in [4.78, 5) is 12.4. The second-order valence-corrected chi connectivity index (χ2v) is 5.76. The molecule has 0 aliphatic heterocycles. The molecule has 22 heavy (non-hydrogen) atoms. The van der Waals surface area contributed by atoms with Gasteiger partial charge >= 0.3 is 0 Å². The van der Waals surface area contributed by atoms with Gasteiger partial charge in [-0.2, -0.15) is 5.10 Å². The number of hydrogen-bond donors (Lipinski definition) is 1. The summed E-state index contributed by atoms with van der Waals surface area (Å²) in [6, 6.07) is 9.97. The van der Waals surface area contributed by atoms with Crippen LogP contribution in [0.15, 0.2) is 42.5 Å². The van der Waals surface area contributed by atoms with E-state index >= 15 is 0 Å². The molecule has 4 nitrogen and oxygen atoms in total. The summed E-state index contributed by atoms with van der Waals surface area (Å²) < 4.78 is 1.88. The third kappa shape index (κ3) is 2.82. The first-order chi connectivity index (χ1) is 10.7. The van der Waals surface area contributed by atoms with Crippen LogP contribution in [0, 0.1) is 19.8 Å². The van der Waals surface area contributed by atoms with Crippen molar-refractivity contribution in [3.05, 3.63) is 53.9 Å². The lowest BCUT2D eigenvalue weighted by Crippen LogP contribution is -2.24. The Morgan fingerprint density at radius 3 is 2.68 bits per heavy atom. The molecular weight excluding hydrogens is 274 g/mol. The smallest absolute Gasteiger partial charge is 0.227 e. The number of anilines is 1. The maximum atomic E-state index is 12.4. The third-order valence-electron chi connectivity index (χ3n) is 4.18. The minimum Gasteiger partial charge on any atom is -0.323 e. The molecule has 1 heterocycles. The average molecular weight is 295 g/mol. The number of carbonyl (C=O) groups is 1. The van der Waals surface area contributed by atoms with Gasteiger partial charge in [-0.25, -0.2) is 4.68 Å². The van der Waals surface area contributed by atoms with E-state index < -0.39 is 0 Å². The lowest BCUT2D eigenvalue weighted by atomic mass is 9.93. The monoisotopic (exact) mass is 295 g/mol. The minimum atomic E-state index is 0.0730. The van der Waals surface area contributed by atoms with E-state index in [1.165, 1.54) is 0 Å². The number of allylic oxidation sites excluding steroid dienone is 2. The summed E-state index contributed by atoms with van der Waals surface area (Å²) in [5.41, 5.74) is 3.65. The molecule has 0 bridgehead atoms. The molecule has 1 unspecified atom stereocenters. The molecule has 0 radical (unpaired) electrons. The molecule has 1 amide bonds. The Balaban J connectivity index is 1.84. The number of aromatic nitrogens is 2. The second-order valence-electron chi connectivity index (χ2n) is 5.76. The van der Waals surface area contributed by atoms with E-state index in [1.54, 1.807) is 0 Å². The topological polar surface area (TPSA) is 46.9 Å². The van der Waals surface area contributed by atoms with E-state index in [1.807, 2.05) is 48.9 Å². The summed E-state index contributed by atoms with van der Waals surface area (Å²) in [6.45, 7) is 3.92. The number of amides is 1. The van der Waals surface area contributed by atoms with Crippen molar-refractivity contribution >= 4 is 11.6 Å². The average Bonchev–Trinajstić information content (AvgIpc) is 2.84. The Kier molecular flexibility index (Phi) is 4.09. The van der Waals surface area contributed by atoms with Crippen molar-refractivity contribution in [3.63, 3.8) is 0 Å². The van der Waals surface area contributed by atoms with Gasteiger partial charge in [0.05, 0.1) is 22.8 Å². The molecule has 1 N–H and O–H groups in total. The van der Waals surface area contributed by atoms with E-state index in [4.69, 9.17) is 0 Å². The van der Waals surface area contributed by atoms with Crippen LogP contribution in [0.2, 0.25) is 0 Å². The first-order valence-corrected chi connectivity index (χ1v) is 7.74. The van der Waals surface area contributed by atoms with Crippen LogP contribution in [0.4, 0.5) is 5.69 Å². The van der Waals surface area contributed by atoms with Crippen LogP contribution >= 0.6 is 0 Å². The fraction of sp³-hybridized carbons (Fsp3) is 0.333. The highest BCUT2D eigenvalue weighted by molar-refractivity contribution is 5.93. The van der Waals surface area contributed by atoms with Gasteiger partial charge in [0, 0.05) is 5.92 Å². The molecule has 4 heteroatoms. The lowest BCUT2D eigenvalue weighted by molar-refractivity contribution is -0.120. The molecule has 0 spiro atoms.